The van der Waals surface area contributed by atoms with Crippen molar-refractivity contribution in [1.82, 2.24) is 19.6 Å². The van der Waals surface area contributed by atoms with Gasteiger partial charge in [-0.15, -0.1) is 0 Å². The largest absolute Gasteiger partial charge is 3.00 e. The van der Waals surface area contributed by atoms with Crippen molar-refractivity contribution >= 4 is 30.5 Å². The quantitative estimate of drug-likeness (QED) is 0.268. The Kier molecular flexibility index (Phi) is 15.4. The van der Waals surface area contributed by atoms with Crippen molar-refractivity contribution in [3.05, 3.63) is 35.4 Å². The average molecular weight is 637 g/mol. The van der Waals surface area contributed by atoms with E-state index in [-0.39, 0.29) is 59.6 Å². The van der Waals surface area contributed by atoms with Crippen molar-refractivity contribution in [2.45, 2.75) is 12.3 Å². The Morgan fingerprint density at radius 2 is 0.912 bits per heavy atom. The fourth-order valence-electron chi connectivity index (χ4n) is 3.77. The maximum absolute atomic E-state index is 11.2. The molecule has 0 amide bonds. The van der Waals surface area contributed by atoms with Crippen LogP contribution < -0.4 is 15.3 Å². The minimum atomic E-state index is -1.24. The first kappa shape index (κ1) is 31.2. The topological polar surface area (TPSA) is 133 Å². The third-order valence-electron chi connectivity index (χ3n) is 5.60. The number of hydrogen-bond donors (Lipinski definition) is 1. The van der Waals surface area contributed by atoms with Gasteiger partial charge in [0.25, 0.3) is 0 Å². The number of nitrogens with zero attached hydrogens (tertiary/aromatic N) is 4. The zero-order valence-electron chi connectivity index (χ0n) is 19.0. The summed E-state index contributed by atoms with van der Waals surface area (Å²) in [5.41, 5.74) is 2.20. The molecule has 1 radical (unpaired) electrons. The van der Waals surface area contributed by atoms with E-state index in [1.54, 1.807) is 14.7 Å². The van der Waals surface area contributed by atoms with Crippen LogP contribution in [0.4, 0.5) is 0 Å². The zero-order chi connectivity index (χ0) is 24.2. The summed E-state index contributed by atoms with van der Waals surface area (Å²) in [7, 11) is 0. The standard InChI is InChI=1S/C22H34N4O6S.Gd/c27-20(28)14-24-7-5-23(13-18-1-3-19(17-33)4-2-18)6-8-25(15-21(29)30)10-12-26(11-9-24)16-22(31)32;/h1-4,33H,5-17H2,(H,27,28)(H,29,30)(H,31,32);/q;+3/p-3. The summed E-state index contributed by atoms with van der Waals surface area (Å²) < 4.78 is 0. The number of hydrogen-bond acceptors (Lipinski definition) is 11. The molecule has 1 saturated heterocycles. The summed E-state index contributed by atoms with van der Waals surface area (Å²) >= 11 is 4.27. The Labute approximate surface area is 238 Å². The number of rotatable bonds is 9. The van der Waals surface area contributed by atoms with Crippen LogP contribution in [0.25, 0.3) is 0 Å². The Bertz CT molecular complexity index is 753. The van der Waals surface area contributed by atoms with Crippen molar-refractivity contribution in [3.63, 3.8) is 0 Å². The molecule has 1 aromatic rings. The van der Waals surface area contributed by atoms with Crippen LogP contribution in [0.2, 0.25) is 0 Å². The average Bonchev–Trinajstić information content (AvgIpc) is 2.75. The molecule has 2 rings (SSSR count). The Morgan fingerprint density at radius 3 is 1.21 bits per heavy atom. The van der Waals surface area contributed by atoms with Crippen molar-refractivity contribution in [2.24, 2.45) is 0 Å². The molecule has 0 saturated carbocycles. The molecule has 1 aromatic carbocycles. The summed E-state index contributed by atoms with van der Waals surface area (Å²) in [4.78, 5) is 40.8. The van der Waals surface area contributed by atoms with E-state index in [2.05, 4.69) is 17.5 Å². The normalized spacial score (nSPS) is 17.8. The van der Waals surface area contributed by atoms with Crippen molar-refractivity contribution < 1.29 is 69.6 Å². The molecular formula is C22H31GdN4O6S. The minimum Gasteiger partial charge on any atom is -0.549 e. The van der Waals surface area contributed by atoms with Gasteiger partial charge in [-0.25, -0.2) is 0 Å². The van der Waals surface area contributed by atoms with Crippen LogP contribution in [0, 0.1) is 39.9 Å². The van der Waals surface area contributed by atoms with Crippen molar-refractivity contribution in [2.75, 3.05) is 72.0 Å². The fourth-order valence-corrected chi connectivity index (χ4v) is 3.98. The summed E-state index contributed by atoms with van der Waals surface area (Å²) in [6.07, 6.45) is 0. The van der Waals surface area contributed by atoms with E-state index in [0.29, 0.717) is 64.7 Å². The molecule has 0 aliphatic carbocycles. The second-order valence-corrected chi connectivity index (χ2v) is 8.51. The number of carbonyl (C=O) groups is 3. The molecule has 0 aromatic heterocycles. The van der Waals surface area contributed by atoms with E-state index in [4.69, 9.17) is 0 Å². The monoisotopic (exact) mass is 637 g/mol. The van der Waals surface area contributed by atoms with E-state index < -0.39 is 17.9 Å². The minimum absolute atomic E-state index is 0. The SMILES string of the molecule is O=C([O-])CN1CCN(CC(=O)[O-])CCN(Cc2ccc(CS)cc2)CCN(CC(=O)[O-])CC1.[Gd+3]. The van der Waals surface area contributed by atoms with Crippen LogP contribution in [0.15, 0.2) is 24.3 Å². The van der Waals surface area contributed by atoms with Gasteiger partial charge in [0, 0.05) is 84.3 Å². The van der Waals surface area contributed by atoms with Gasteiger partial charge in [-0.1, -0.05) is 24.3 Å². The maximum Gasteiger partial charge on any atom is 3.00 e. The summed E-state index contributed by atoms with van der Waals surface area (Å²) in [6, 6.07) is 8.07. The van der Waals surface area contributed by atoms with Crippen molar-refractivity contribution in [1.29, 1.82) is 0 Å². The van der Waals surface area contributed by atoms with Crippen LogP contribution in [0.3, 0.4) is 0 Å². The van der Waals surface area contributed by atoms with E-state index in [1.807, 2.05) is 24.3 Å². The van der Waals surface area contributed by atoms with Crippen molar-refractivity contribution in [3.8, 4) is 0 Å². The predicted octanol–water partition coefficient (Wildman–Crippen LogP) is -3.91. The molecule has 12 heteroatoms. The molecule has 1 aliphatic rings. The Hall–Kier alpha value is -0.855. The third kappa shape index (κ3) is 12.7. The van der Waals surface area contributed by atoms with Crippen LogP contribution in [-0.2, 0) is 26.7 Å². The summed E-state index contributed by atoms with van der Waals surface area (Å²) in [5.74, 6) is -2.98. The molecule has 34 heavy (non-hydrogen) atoms. The van der Waals surface area contributed by atoms with Gasteiger partial charge >= 0.3 is 39.9 Å². The van der Waals surface area contributed by atoms with Gasteiger partial charge in [-0.2, -0.15) is 12.6 Å². The zero-order valence-corrected chi connectivity index (χ0v) is 22.2. The van der Waals surface area contributed by atoms with Gasteiger partial charge in [0.2, 0.25) is 0 Å². The number of aliphatic carboxylic acids is 3. The summed E-state index contributed by atoms with van der Waals surface area (Å²) in [5, 5.41) is 33.6. The number of carbonyl (C=O) groups excluding carboxylic acids is 3. The fraction of sp³-hybridized carbons (Fsp3) is 0.591. The predicted molar refractivity (Wildman–Crippen MR) is 119 cm³/mol. The van der Waals surface area contributed by atoms with E-state index in [0.717, 1.165) is 11.1 Å². The van der Waals surface area contributed by atoms with Crippen LogP contribution >= 0.6 is 12.6 Å². The molecule has 0 unspecified atom stereocenters. The molecule has 0 N–H and O–H groups in total. The Morgan fingerprint density at radius 1 is 0.618 bits per heavy atom. The second-order valence-electron chi connectivity index (χ2n) is 8.20. The first-order valence-corrected chi connectivity index (χ1v) is 11.6. The molecule has 1 aliphatic heterocycles. The summed E-state index contributed by atoms with van der Waals surface area (Å²) in [6.45, 7) is 3.12. The van der Waals surface area contributed by atoms with Gasteiger partial charge in [-0.3, -0.25) is 19.6 Å². The molecule has 0 atom stereocenters. The van der Waals surface area contributed by atoms with E-state index in [9.17, 15) is 29.7 Å². The first-order valence-electron chi connectivity index (χ1n) is 10.9. The molecule has 1 fully saturated rings. The van der Waals surface area contributed by atoms with Gasteiger partial charge in [-0.05, 0) is 11.1 Å². The molecule has 10 nitrogen and oxygen atoms in total. The third-order valence-corrected chi connectivity index (χ3v) is 5.96. The van der Waals surface area contributed by atoms with Gasteiger partial charge in [0.05, 0.1) is 17.9 Å². The van der Waals surface area contributed by atoms with Crippen LogP contribution in [0.1, 0.15) is 11.1 Å². The molecule has 0 spiro atoms. The van der Waals surface area contributed by atoms with Gasteiger partial charge in [0.15, 0.2) is 0 Å². The number of carboxylic acids is 3. The smallest absolute Gasteiger partial charge is 0.549 e. The maximum atomic E-state index is 11.2. The molecular weight excluding hydrogens is 606 g/mol. The van der Waals surface area contributed by atoms with Crippen LogP contribution in [-0.4, -0.2) is 109 Å². The number of carboxylic acid groups (broad SMARTS) is 3. The molecule has 0 bridgehead atoms. The van der Waals surface area contributed by atoms with E-state index in [1.165, 1.54) is 0 Å². The van der Waals surface area contributed by atoms with Crippen LogP contribution in [0.5, 0.6) is 0 Å². The Balaban J connectivity index is 0.00000578. The number of thiol groups is 1. The molecule has 189 valence electrons. The number of benzene rings is 1. The van der Waals surface area contributed by atoms with Gasteiger partial charge in [0.1, 0.15) is 0 Å². The molecule has 1 heterocycles. The second kappa shape index (κ2) is 16.8. The first-order chi connectivity index (χ1) is 15.7. The van der Waals surface area contributed by atoms with E-state index >= 15 is 0 Å². The van der Waals surface area contributed by atoms with Gasteiger partial charge < -0.3 is 29.7 Å².